The number of hydrogen-bond acceptors (Lipinski definition) is 15. The number of ketones is 1. The smallest absolute Gasteiger partial charge is 0.416 e. The summed E-state index contributed by atoms with van der Waals surface area (Å²) in [5.74, 6) is 2.48. The van der Waals surface area contributed by atoms with Gasteiger partial charge in [0.2, 0.25) is 0 Å². The van der Waals surface area contributed by atoms with Crippen LogP contribution in [0.3, 0.4) is 0 Å². The maximum atomic E-state index is 13.5. The number of amides is 4. The number of alkyl halides is 3. The highest BCUT2D eigenvalue weighted by molar-refractivity contribution is 6.05. The molecule has 2 saturated heterocycles. The number of halogens is 3. The van der Waals surface area contributed by atoms with Crippen molar-refractivity contribution in [1.29, 1.82) is 0 Å². The van der Waals surface area contributed by atoms with Crippen LogP contribution in [0.1, 0.15) is 54.7 Å². The largest absolute Gasteiger partial charge is 0.489 e. The second-order valence-corrected chi connectivity index (χ2v) is 16.3. The summed E-state index contributed by atoms with van der Waals surface area (Å²) in [5, 5.41) is 23.8. The number of aliphatic hydroxyl groups is 2. The second-order valence-electron chi connectivity index (χ2n) is 16.3. The van der Waals surface area contributed by atoms with Crippen molar-refractivity contribution in [2.45, 2.75) is 62.9 Å². The van der Waals surface area contributed by atoms with E-state index in [0.717, 1.165) is 69.6 Å². The van der Waals surface area contributed by atoms with Crippen molar-refractivity contribution in [3.05, 3.63) is 85.0 Å². The Hall–Kier alpha value is -7.07. The Kier molecular flexibility index (Phi) is 12.1. The number of rotatable bonds is 10. The number of aliphatic hydroxyl groups excluding tert-OH is 2. The fourth-order valence-corrected chi connectivity index (χ4v) is 8.23. The Morgan fingerprint density at radius 1 is 0.800 bits per heavy atom. The van der Waals surface area contributed by atoms with Gasteiger partial charge < -0.3 is 24.7 Å². The maximum absolute atomic E-state index is 13.5. The number of Topliss-reactive ketones (excluding diaryl/α,β-unsaturated/α-hetero) is 1. The molecule has 338 valence electrons. The number of pyridine rings is 1. The van der Waals surface area contributed by atoms with Crippen LogP contribution in [0.15, 0.2) is 73.6 Å². The van der Waals surface area contributed by atoms with E-state index in [4.69, 9.17) is 9.84 Å². The van der Waals surface area contributed by atoms with Crippen molar-refractivity contribution in [1.82, 2.24) is 34.9 Å². The third kappa shape index (κ3) is 9.58. The molecule has 1 aliphatic carbocycles. The van der Waals surface area contributed by atoms with Crippen LogP contribution in [0.4, 0.5) is 57.4 Å². The van der Waals surface area contributed by atoms with Gasteiger partial charge in [-0.25, -0.2) is 39.5 Å². The van der Waals surface area contributed by atoms with Gasteiger partial charge in [0, 0.05) is 50.6 Å². The number of carbonyl (C=O) groups is 3. The minimum absolute atomic E-state index is 0.00968. The quantitative estimate of drug-likeness (QED) is 0.132. The third-order valence-electron chi connectivity index (χ3n) is 11.7. The second kappa shape index (κ2) is 18.2. The molecule has 65 heavy (non-hydrogen) atoms. The van der Waals surface area contributed by atoms with Crippen LogP contribution in [0.2, 0.25) is 0 Å². The van der Waals surface area contributed by atoms with Crippen molar-refractivity contribution < 1.29 is 42.5 Å². The Balaban J connectivity index is 0.000000173. The van der Waals surface area contributed by atoms with E-state index in [1.165, 1.54) is 41.7 Å². The highest BCUT2D eigenvalue weighted by Gasteiger charge is 2.42. The molecule has 4 aliphatic heterocycles. The normalized spacial score (nSPS) is 18.7. The summed E-state index contributed by atoms with van der Waals surface area (Å²) in [6, 6.07) is 6.88. The summed E-state index contributed by atoms with van der Waals surface area (Å²) in [6.07, 6.45) is 8.74. The number of nitrogens with one attached hydrogen (secondary N) is 2. The average Bonchev–Trinajstić information content (AvgIpc) is 4.04. The zero-order chi connectivity index (χ0) is 45.2. The van der Waals surface area contributed by atoms with E-state index in [1.54, 1.807) is 29.6 Å². The monoisotopic (exact) mass is 895 g/mol. The van der Waals surface area contributed by atoms with Gasteiger partial charge in [0.15, 0.2) is 34.9 Å². The molecule has 3 fully saturated rings. The fraction of sp³-hybridized carbons (Fsp3) is 0.395. The zero-order valence-corrected chi connectivity index (χ0v) is 34.8. The first-order valence-electron chi connectivity index (χ1n) is 21.2. The number of ether oxygens (including phenoxy) is 1. The van der Waals surface area contributed by atoms with Crippen LogP contribution in [-0.2, 0) is 6.18 Å². The first kappa shape index (κ1) is 43.2. The van der Waals surface area contributed by atoms with Gasteiger partial charge in [0.1, 0.15) is 24.3 Å². The van der Waals surface area contributed by atoms with E-state index >= 15 is 0 Å². The Morgan fingerprint density at radius 3 is 2.22 bits per heavy atom. The van der Waals surface area contributed by atoms with Crippen LogP contribution in [-0.4, -0.2) is 121 Å². The minimum Gasteiger partial charge on any atom is -0.489 e. The van der Waals surface area contributed by atoms with Crippen LogP contribution in [0.25, 0.3) is 11.4 Å². The number of aromatic nitrogens is 7. The summed E-state index contributed by atoms with van der Waals surface area (Å²) < 4.78 is 45.1. The summed E-state index contributed by atoms with van der Waals surface area (Å²) in [7, 11) is 0. The predicted molar refractivity (Wildman–Crippen MR) is 230 cm³/mol. The topological polar surface area (TPSA) is 228 Å². The van der Waals surface area contributed by atoms with Crippen molar-refractivity contribution in [2.75, 3.05) is 69.6 Å². The van der Waals surface area contributed by atoms with Gasteiger partial charge >= 0.3 is 18.2 Å². The molecule has 8 heterocycles. The van der Waals surface area contributed by atoms with Gasteiger partial charge in [-0.15, -0.1) is 0 Å². The van der Waals surface area contributed by atoms with Crippen LogP contribution >= 0.6 is 0 Å². The zero-order valence-electron chi connectivity index (χ0n) is 34.8. The molecular formula is C43H44F3N13O6. The standard InChI is InChI=1S/C25H25F3N6O4.C18H19N7O2/c26-25(27,28)16-4-1-3-15(9-16)22-30-11-20-23(32-22)34(17-5-2-8-33(20)12-17)24(37)31-21-7-6-19(10-29-21)38-14-18(36)13-35;26-14(7-11-1-2-11)16-21-8-13-17(23-16)25(12-3-6-24(13)10-12)18(27)22-15-9-19-4-5-20-15/h1,3-4,6-7,9-11,17-18,35-36H,2,5,8,12-14H2,(H,29,31,37);4-5,8-9,11-12H,1-3,6-7,10H2,(H,20,22,27)/t17-,18-;/m0./s1. The number of hydrogen-bond donors (Lipinski definition) is 4. The Morgan fingerprint density at radius 2 is 1.52 bits per heavy atom. The molecule has 0 radical (unpaired) electrons. The van der Waals surface area contributed by atoms with Crippen molar-refractivity contribution in [2.24, 2.45) is 5.92 Å². The molecule has 1 unspecified atom stereocenters. The lowest BCUT2D eigenvalue weighted by molar-refractivity contribution is -0.137. The highest BCUT2D eigenvalue weighted by Crippen LogP contribution is 2.41. The molecule has 1 aromatic carbocycles. The average molecular weight is 896 g/mol. The van der Waals surface area contributed by atoms with Gasteiger partial charge in [-0.1, -0.05) is 12.1 Å². The molecule has 4 bridgehead atoms. The molecule has 5 aliphatic rings. The molecular weight excluding hydrogens is 852 g/mol. The molecule has 19 nitrogen and oxygen atoms in total. The molecule has 5 aromatic rings. The van der Waals surface area contributed by atoms with Gasteiger partial charge in [-0.3, -0.25) is 30.2 Å². The lowest BCUT2D eigenvalue weighted by Gasteiger charge is -2.45. The Labute approximate surface area is 369 Å². The highest BCUT2D eigenvalue weighted by atomic mass is 19.4. The van der Waals surface area contributed by atoms with E-state index in [9.17, 15) is 32.7 Å². The summed E-state index contributed by atoms with van der Waals surface area (Å²) in [6.45, 7) is 2.38. The van der Waals surface area contributed by atoms with Gasteiger partial charge in [-0.2, -0.15) is 13.2 Å². The fourth-order valence-electron chi connectivity index (χ4n) is 8.23. The molecule has 22 heteroatoms. The molecule has 1 saturated carbocycles. The molecule has 3 atom stereocenters. The van der Waals surface area contributed by atoms with Crippen molar-refractivity contribution >= 4 is 52.5 Å². The van der Waals surface area contributed by atoms with Gasteiger partial charge in [0.05, 0.1) is 60.4 Å². The van der Waals surface area contributed by atoms with Crippen LogP contribution < -0.4 is 35.0 Å². The number of benzene rings is 1. The number of carbonyl (C=O) groups excluding carboxylic acids is 3. The third-order valence-corrected chi connectivity index (χ3v) is 11.7. The number of piperidine rings is 1. The Bertz CT molecular complexity index is 2550. The van der Waals surface area contributed by atoms with Gasteiger partial charge in [0.25, 0.3) is 0 Å². The predicted octanol–water partition coefficient (Wildman–Crippen LogP) is 5.19. The number of urea groups is 2. The van der Waals surface area contributed by atoms with E-state index in [-0.39, 0.29) is 53.5 Å². The molecule has 4 amide bonds. The minimum atomic E-state index is -4.51. The first-order valence-corrected chi connectivity index (χ1v) is 21.2. The van der Waals surface area contributed by atoms with Crippen LogP contribution in [0, 0.1) is 5.92 Å². The van der Waals surface area contributed by atoms with Gasteiger partial charge in [-0.05, 0) is 62.3 Å². The summed E-state index contributed by atoms with van der Waals surface area (Å²) in [4.78, 5) is 76.2. The molecule has 0 spiro atoms. The lowest BCUT2D eigenvalue weighted by Crippen LogP contribution is -2.56. The van der Waals surface area contributed by atoms with Crippen molar-refractivity contribution in [3.63, 3.8) is 0 Å². The molecule has 4 aromatic heterocycles. The SMILES string of the molecule is O=C(CC1CC1)c1ncc2c(n1)N(C(=O)Nc1cnccn1)C1CCN2C1.O=C(Nc1ccc(OC[C@@H](O)CO)cn1)N1c2nc(-c3cccc(C(F)(F)F)c3)ncc2N2CCC[C@H]1C2. The first-order chi connectivity index (χ1) is 31.4. The molecule has 4 N–H and O–H groups in total. The number of anilines is 6. The van der Waals surface area contributed by atoms with E-state index in [0.29, 0.717) is 47.8 Å². The maximum Gasteiger partial charge on any atom is 0.416 e. The number of nitrogens with zero attached hydrogens (tertiary/aromatic N) is 11. The van der Waals surface area contributed by atoms with E-state index < -0.39 is 30.5 Å². The molecule has 10 rings (SSSR count). The van der Waals surface area contributed by atoms with E-state index in [1.807, 2.05) is 0 Å². The number of fused-ring (bicyclic) bond motifs is 8. The van der Waals surface area contributed by atoms with Crippen LogP contribution in [0.5, 0.6) is 5.75 Å². The van der Waals surface area contributed by atoms with Crippen molar-refractivity contribution in [3.8, 4) is 17.1 Å². The summed E-state index contributed by atoms with van der Waals surface area (Å²) >= 11 is 0. The van der Waals surface area contributed by atoms with E-state index in [2.05, 4.69) is 55.3 Å². The lowest BCUT2D eigenvalue weighted by atomic mass is 10.0. The summed E-state index contributed by atoms with van der Waals surface area (Å²) in [5.41, 5.74) is 0.806.